The summed E-state index contributed by atoms with van der Waals surface area (Å²) in [5.41, 5.74) is 7.99. The molecule has 2 aliphatic rings. The monoisotopic (exact) mass is 490 g/mol. The predicted octanol–water partition coefficient (Wildman–Crippen LogP) is 3.31. The van der Waals surface area contributed by atoms with Gasteiger partial charge in [0.2, 0.25) is 0 Å². The van der Waals surface area contributed by atoms with Crippen LogP contribution in [0, 0.1) is 17.7 Å². The van der Waals surface area contributed by atoms with Crippen molar-refractivity contribution in [1.82, 2.24) is 25.0 Å². The Kier molecular flexibility index (Phi) is 5.06. The molecule has 3 atom stereocenters. The number of nitrogens with two attached hydrogens (primary N) is 1. The number of benzene rings is 2. The van der Waals surface area contributed by atoms with E-state index in [4.69, 9.17) is 5.73 Å². The lowest BCUT2D eigenvalue weighted by atomic mass is 10.1. The third-order valence-electron chi connectivity index (χ3n) is 6.94. The van der Waals surface area contributed by atoms with Crippen molar-refractivity contribution in [2.24, 2.45) is 18.9 Å². The highest BCUT2D eigenvalue weighted by atomic mass is 32.1. The van der Waals surface area contributed by atoms with Gasteiger partial charge in [-0.25, -0.2) is 9.37 Å². The number of nitrogens with zero attached hydrogens (tertiary/aromatic N) is 4. The van der Waals surface area contributed by atoms with Gasteiger partial charge in [-0.05, 0) is 42.0 Å². The second kappa shape index (κ2) is 8.16. The number of fused-ring (bicyclic) bond motifs is 2. The van der Waals surface area contributed by atoms with Gasteiger partial charge in [-0.3, -0.25) is 14.3 Å². The molecule has 0 spiro atoms. The lowest BCUT2D eigenvalue weighted by molar-refractivity contribution is 0.0690. The standard InChI is InChI=1S/C25H23FN6O2S/c1-31-18-8-3-2-7-16(18)20(30-31)23(33)28-11-19-17-10-14(17)12-32(19)24(34)21-22(35-25(27)29-21)13-5-4-6-15(26)9-13/h2-9,14,17,19H,10-12H2,1H3,(H2,27,29)(H,28,33)/t14-,17-,19+/m0/s1. The van der Waals surface area contributed by atoms with Crippen LogP contribution in [0.5, 0.6) is 0 Å². The van der Waals surface area contributed by atoms with E-state index in [1.807, 2.05) is 24.3 Å². The number of thiazole rings is 1. The molecule has 1 aliphatic heterocycles. The van der Waals surface area contributed by atoms with Gasteiger partial charge in [0.15, 0.2) is 10.8 Å². The highest BCUT2D eigenvalue weighted by Gasteiger charge is 2.54. The number of likely N-dealkylation sites (tertiary alicyclic amines) is 1. The third-order valence-corrected chi connectivity index (χ3v) is 7.88. The number of carbonyl (C=O) groups is 2. The molecule has 6 rings (SSSR count). The molecule has 3 heterocycles. The molecule has 3 N–H and O–H groups in total. The Morgan fingerprint density at radius 1 is 1.20 bits per heavy atom. The van der Waals surface area contributed by atoms with Gasteiger partial charge >= 0.3 is 0 Å². The Balaban J connectivity index is 1.23. The normalized spacial score (nSPS) is 20.7. The summed E-state index contributed by atoms with van der Waals surface area (Å²) in [4.78, 5) is 33.3. The second-order valence-corrected chi connectivity index (χ2v) is 10.2. The van der Waals surface area contributed by atoms with Crippen LogP contribution in [0.2, 0.25) is 0 Å². The zero-order valence-corrected chi connectivity index (χ0v) is 19.8. The summed E-state index contributed by atoms with van der Waals surface area (Å²) in [7, 11) is 1.81. The number of para-hydroxylation sites is 1. The van der Waals surface area contributed by atoms with Crippen LogP contribution < -0.4 is 11.1 Å². The first-order valence-corrected chi connectivity index (χ1v) is 12.3. The largest absolute Gasteiger partial charge is 0.375 e. The number of aryl methyl sites for hydroxylation is 1. The van der Waals surface area contributed by atoms with E-state index in [0.29, 0.717) is 41.1 Å². The van der Waals surface area contributed by atoms with E-state index in [-0.39, 0.29) is 28.7 Å². The maximum atomic E-state index is 13.8. The van der Waals surface area contributed by atoms with Gasteiger partial charge < -0.3 is 16.0 Å². The van der Waals surface area contributed by atoms with Crippen molar-refractivity contribution in [3.05, 3.63) is 65.7 Å². The predicted molar refractivity (Wildman–Crippen MR) is 131 cm³/mol. The summed E-state index contributed by atoms with van der Waals surface area (Å²) >= 11 is 1.17. The number of hydrogen-bond acceptors (Lipinski definition) is 6. The van der Waals surface area contributed by atoms with E-state index in [9.17, 15) is 14.0 Å². The van der Waals surface area contributed by atoms with Crippen molar-refractivity contribution >= 4 is 39.2 Å². The number of piperidine rings is 1. The lowest BCUT2D eigenvalue weighted by Gasteiger charge is -2.27. The van der Waals surface area contributed by atoms with Crippen LogP contribution in [-0.2, 0) is 7.05 Å². The van der Waals surface area contributed by atoms with Crippen LogP contribution in [0.15, 0.2) is 48.5 Å². The highest BCUT2D eigenvalue weighted by molar-refractivity contribution is 7.19. The Labute approximate surface area is 204 Å². The molecule has 2 aromatic carbocycles. The summed E-state index contributed by atoms with van der Waals surface area (Å²) in [5.74, 6) is -0.139. The number of nitrogens with one attached hydrogen (secondary N) is 1. The molecule has 2 amide bonds. The minimum absolute atomic E-state index is 0.144. The van der Waals surface area contributed by atoms with E-state index >= 15 is 0 Å². The van der Waals surface area contributed by atoms with Gasteiger partial charge in [0, 0.05) is 25.5 Å². The molecule has 1 aliphatic carbocycles. The van der Waals surface area contributed by atoms with Crippen LogP contribution in [0.4, 0.5) is 9.52 Å². The number of nitrogen functional groups attached to an aromatic ring is 1. The van der Waals surface area contributed by atoms with Crippen molar-refractivity contribution < 1.29 is 14.0 Å². The maximum Gasteiger partial charge on any atom is 0.274 e. The minimum Gasteiger partial charge on any atom is -0.375 e. The van der Waals surface area contributed by atoms with Gasteiger partial charge in [-0.1, -0.05) is 41.7 Å². The highest BCUT2D eigenvalue weighted by Crippen LogP contribution is 2.50. The van der Waals surface area contributed by atoms with Crippen LogP contribution in [0.3, 0.4) is 0 Å². The van der Waals surface area contributed by atoms with Crippen LogP contribution in [-0.4, -0.2) is 50.6 Å². The summed E-state index contributed by atoms with van der Waals surface area (Å²) in [6.07, 6.45) is 1.03. The number of aromatic nitrogens is 3. The molecule has 0 radical (unpaired) electrons. The molecule has 10 heteroatoms. The molecule has 35 heavy (non-hydrogen) atoms. The molecule has 2 aromatic heterocycles. The number of rotatable bonds is 5. The van der Waals surface area contributed by atoms with E-state index < -0.39 is 5.82 Å². The lowest BCUT2D eigenvalue weighted by Crippen LogP contribution is -2.45. The summed E-state index contributed by atoms with van der Waals surface area (Å²) < 4.78 is 15.5. The molecule has 0 unspecified atom stereocenters. The molecular weight excluding hydrogens is 467 g/mol. The SMILES string of the molecule is Cn1nc(C(=O)NC[C@@H]2[C@H]3C[C@H]3CN2C(=O)c2nc(N)sc2-c2cccc(F)c2)c2ccccc21. The van der Waals surface area contributed by atoms with Gasteiger partial charge in [0.1, 0.15) is 11.5 Å². The van der Waals surface area contributed by atoms with Crippen molar-refractivity contribution in [2.75, 3.05) is 18.8 Å². The van der Waals surface area contributed by atoms with Crippen molar-refractivity contribution in [3.8, 4) is 10.4 Å². The Bertz CT molecular complexity index is 1480. The first-order chi connectivity index (χ1) is 16.9. The molecule has 1 saturated carbocycles. The van der Waals surface area contributed by atoms with E-state index in [0.717, 1.165) is 17.3 Å². The fourth-order valence-corrected chi connectivity index (χ4v) is 5.99. The minimum atomic E-state index is -0.391. The molecule has 0 bridgehead atoms. The van der Waals surface area contributed by atoms with Gasteiger partial charge in [-0.2, -0.15) is 5.10 Å². The van der Waals surface area contributed by atoms with Crippen molar-refractivity contribution in [2.45, 2.75) is 12.5 Å². The van der Waals surface area contributed by atoms with Crippen LogP contribution in [0.1, 0.15) is 27.4 Å². The molecule has 8 nitrogen and oxygen atoms in total. The van der Waals surface area contributed by atoms with Crippen LogP contribution in [0.25, 0.3) is 21.3 Å². The molecule has 178 valence electrons. The maximum absolute atomic E-state index is 13.8. The Hall–Kier alpha value is -3.79. The number of halogens is 1. The smallest absolute Gasteiger partial charge is 0.274 e. The van der Waals surface area contributed by atoms with Gasteiger partial charge in [-0.15, -0.1) is 0 Å². The number of amides is 2. The fraction of sp³-hybridized carbons (Fsp3) is 0.280. The number of hydrogen-bond donors (Lipinski definition) is 2. The molecule has 2 fully saturated rings. The summed E-state index contributed by atoms with van der Waals surface area (Å²) in [6.45, 7) is 0.933. The van der Waals surface area contributed by atoms with Crippen molar-refractivity contribution in [3.63, 3.8) is 0 Å². The quantitative estimate of drug-likeness (QED) is 0.447. The van der Waals surface area contributed by atoms with E-state index in [2.05, 4.69) is 15.4 Å². The first kappa shape index (κ1) is 21.7. The molecule has 1 saturated heterocycles. The van der Waals surface area contributed by atoms with Crippen molar-refractivity contribution in [1.29, 1.82) is 0 Å². The average Bonchev–Trinajstić information content (AvgIpc) is 3.18. The zero-order valence-electron chi connectivity index (χ0n) is 18.9. The fourth-order valence-electron chi connectivity index (χ4n) is 5.17. The van der Waals surface area contributed by atoms with E-state index in [1.54, 1.807) is 28.8 Å². The van der Waals surface area contributed by atoms with Gasteiger partial charge in [0.25, 0.3) is 11.8 Å². The summed E-state index contributed by atoms with van der Waals surface area (Å²) in [6, 6.07) is 13.5. The average molecular weight is 491 g/mol. The molecule has 4 aromatic rings. The topological polar surface area (TPSA) is 106 Å². The zero-order chi connectivity index (χ0) is 24.3. The Morgan fingerprint density at radius 3 is 2.86 bits per heavy atom. The Morgan fingerprint density at radius 2 is 2.03 bits per heavy atom. The third kappa shape index (κ3) is 3.74. The van der Waals surface area contributed by atoms with Gasteiger partial charge in [0.05, 0.1) is 16.4 Å². The molecular formula is C25H23FN6O2S. The second-order valence-electron chi connectivity index (χ2n) is 9.12. The van der Waals surface area contributed by atoms with Crippen LogP contribution >= 0.6 is 11.3 Å². The number of carbonyl (C=O) groups excluding carboxylic acids is 2. The van der Waals surface area contributed by atoms with E-state index in [1.165, 1.54) is 23.5 Å². The number of anilines is 1. The summed E-state index contributed by atoms with van der Waals surface area (Å²) in [5, 5.41) is 8.43. The first-order valence-electron chi connectivity index (χ1n) is 11.4.